The molecule has 1 heterocycles. The number of fused-ring (bicyclic) bond motifs is 1. The summed E-state index contributed by atoms with van der Waals surface area (Å²) in [6.07, 6.45) is 0.512. The fourth-order valence-corrected chi connectivity index (χ4v) is 1.96. The third-order valence-electron chi connectivity index (χ3n) is 3.04. The Morgan fingerprint density at radius 2 is 2.00 bits per heavy atom. The fourth-order valence-electron chi connectivity index (χ4n) is 1.96. The Kier molecular flexibility index (Phi) is 4.49. The maximum Gasteiger partial charge on any atom is 0.212 e. The Labute approximate surface area is 116 Å². The van der Waals surface area contributed by atoms with Crippen LogP contribution < -0.4 is 5.32 Å². The highest BCUT2D eigenvalue weighted by atomic mass is 16.7. The molecule has 0 unspecified atom stereocenters. The number of methoxy groups -OCH3 is 2. The number of rotatable bonds is 6. The summed E-state index contributed by atoms with van der Waals surface area (Å²) in [6, 6.07) is 7.10. The van der Waals surface area contributed by atoms with E-state index in [0.717, 1.165) is 5.39 Å². The van der Waals surface area contributed by atoms with Crippen molar-refractivity contribution in [3.05, 3.63) is 29.8 Å². The van der Waals surface area contributed by atoms with E-state index >= 15 is 0 Å². The van der Waals surface area contributed by atoms with E-state index in [2.05, 4.69) is 10.3 Å². The smallest absolute Gasteiger partial charge is 0.212 e. The van der Waals surface area contributed by atoms with Crippen molar-refractivity contribution in [1.29, 1.82) is 0 Å². The van der Waals surface area contributed by atoms with Gasteiger partial charge in [0, 0.05) is 31.6 Å². The van der Waals surface area contributed by atoms with Crippen LogP contribution in [0.4, 0.5) is 5.82 Å². The number of pyridine rings is 1. The molecular weight excluding hydrogens is 260 g/mol. The molecule has 106 valence electrons. The second kappa shape index (κ2) is 6.31. The molecule has 2 N–H and O–H groups in total. The van der Waals surface area contributed by atoms with Gasteiger partial charge < -0.3 is 19.9 Å². The highest BCUT2D eigenvalue weighted by Gasteiger charge is 2.13. The lowest BCUT2D eigenvalue weighted by molar-refractivity contribution is -0.105. The topological polar surface area (TPSA) is 80.7 Å². The molecule has 6 heteroatoms. The van der Waals surface area contributed by atoms with E-state index in [9.17, 15) is 9.90 Å². The van der Waals surface area contributed by atoms with Crippen LogP contribution in [0.2, 0.25) is 0 Å². The van der Waals surface area contributed by atoms with Gasteiger partial charge in [-0.25, -0.2) is 4.98 Å². The number of benzene rings is 1. The second-order valence-corrected chi connectivity index (χ2v) is 4.21. The molecule has 0 atom stereocenters. The van der Waals surface area contributed by atoms with Gasteiger partial charge in [-0.1, -0.05) is 12.1 Å². The van der Waals surface area contributed by atoms with Crippen molar-refractivity contribution in [1.82, 2.24) is 4.98 Å². The van der Waals surface area contributed by atoms with Crippen LogP contribution in [-0.2, 0) is 20.7 Å². The molecule has 0 saturated carbocycles. The van der Waals surface area contributed by atoms with E-state index in [0.29, 0.717) is 29.7 Å². The third-order valence-corrected chi connectivity index (χ3v) is 3.04. The van der Waals surface area contributed by atoms with Crippen LogP contribution in [0.3, 0.4) is 0 Å². The Morgan fingerprint density at radius 1 is 1.30 bits per heavy atom. The van der Waals surface area contributed by atoms with Gasteiger partial charge in [0.1, 0.15) is 17.1 Å². The maximum atomic E-state index is 10.4. The first-order chi connectivity index (χ1) is 9.69. The SMILES string of the molecule is COC(Cc1ccc2ccc(NC=O)nc2c1O)OC. The number of hydrogen-bond acceptors (Lipinski definition) is 5. The Balaban J connectivity index is 2.42. The number of anilines is 1. The van der Waals surface area contributed by atoms with Gasteiger partial charge in [0.05, 0.1) is 0 Å². The molecule has 0 bridgehead atoms. The summed E-state index contributed by atoms with van der Waals surface area (Å²) in [4.78, 5) is 14.6. The monoisotopic (exact) mass is 276 g/mol. The standard InChI is InChI=1S/C14H16N2O4/c1-19-12(20-2)7-10-4-3-9-5-6-11(15-8-17)16-13(9)14(10)18/h3-6,8,12,18H,7H2,1-2H3,(H,15,16,17). The molecule has 0 aliphatic rings. The van der Waals surface area contributed by atoms with Crippen molar-refractivity contribution in [2.24, 2.45) is 0 Å². The number of phenolic OH excluding ortho intramolecular Hbond substituents is 1. The summed E-state index contributed by atoms with van der Waals surface area (Å²) in [6.45, 7) is 0. The molecule has 2 aromatic rings. The molecule has 0 saturated heterocycles. The predicted octanol–water partition coefficient (Wildman–Crippen LogP) is 1.67. The molecule has 0 fully saturated rings. The summed E-state index contributed by atoms with van der Waals surface area (Å²) in [5.41, 5.74) is 1.10. The van der Waals surface area contributed by atoms with Gasteiger partial charge in [0.15, 0.2) is 6.29 Å². The Hall–Kier alpha value is -2.18. The van der Waals surface area contributed by atoms with Gasteiger partial charge >= 0.3 is 0 Å². The lowest BCUT2D eigenvalue weighted by Crippen LogP contribution is -2.16. The predicted molar refractivity (Wildman–Crippen MR) is 74.6 cm³/mol. The van der Waals surface area contributed by atoms with Crippen LogP contribution in [-0.4, -0.2) is 37.0 Å². The van der Waals surface area contributed by atoms with Gasteiger partial charge in [-0.15, -0.1) is 0 Å². The number of aromatic nitrogens is 1. The Bertz CT molecular complexity index is 611. The first kappa shape index (κ1) is 14.2. The average molecular weight is 276 g/mol. The summed E-state index contributed by atoms with van der Waals surface area (Å²) in [7, 11) is 3.08. The number of aromatic hydroxyl groups is 1. The van der Waals surface area contributed by atoms with Crippen LogP contribution in [0.25, 0.3) is 10.9 Å². The first-order valence-electron chi connectivity index (χ1n) is 6.07. The van der Waals surface area contributed by atoms with E-state index in [1.54, 1.807) is 18.2 Å². The lowest BCUT2D eigenvalue weighted by atomic mass is 10.1. The van der Waals surface area contributed by atoms with Gasteiger partial charge in [0.2, 0.25) is 6.41 Å². The average Bonchev–Trinajstić information content (AvgIpc) is 2.47. The van der Waals surface area contributed by atoms with Gasteiger partial charge in [-0.2, -0.15) is 0 Å². The fraction of sp³-hybridized carbons (Fsp3) is 0.286. The number of amides is 1. The number of carbonyl (C=O) groups excluding carboxylic acids is 1. The van der Waals surface area contributed by atoms with E-state index in [-0.39, 0.29) is 5.75 Å². The molecule has 2 rings (SSSR count). The van der Waals surface area contributed by atoms with Gasteiger partial charge in [0.25, 0.3) is 0 Å². The minimum atomic E-state index is -0.436. The number of phenols is 1. The van der Waals surface area contributed by atoms with Crippen molar-refractivity contribution in [3.8, 4) is 5.75 Å². The highest BCUT2D eigenvalue weighted by Crippen LogP contribution is 2.29. The van der Waals surface area contributed by atoms with Crippen molar-refractivity contribution in [2.75, 3.05) is 19.5 Å². The Morgan fingerprint density at radius 3 is 2.65 bits per heavy atom. The number of nitrogens with one attached hydrogen (secondary N) is 1. The zero-order chi connectivity index (χ0) is 14.5. The molecule has 6 nitrogen and oxygen atoms in total. The summed E-state index contributed by atoms with van der Waals surface area (Å²) in [5.74, 6) is 0.450. The quantitative estimate of drug-likeness (QED) is 0.619. The number of ether oxygens (including phenoxy) is 2. The van der Waals surface area contributed by atoms with Gasteiger partial charge in [-0.3, -0.25) is 4.79 Å². The maximum absolute atomic E-state index is 10.4. The van der Waals surface area contributed by atoms with Crippen LogP contribution in [0, 0.1) is 0 Å². The molecule has 1 aromatic heterocycles. The minimum Gasteiger partial charge on any atom is -0.505 e. The van der Waals surface area contributed by atoms with E-state index in [1.165, 1.54) is 14.2 Å². The van der Waals surface area contributed by atoms with E-state index in [1.807, 2.05) is 6.07 Å². The summed E-state index contributed by atoms with van der Waals surface area (Å²) < 4.78 is 10.2. The van der Waals surface area contributed by atoms with Crippen molar-refractivity contribution in [2.45, 2.75) is 12.7 Å². The molecular formula is C14H16N2O4. The number of hydrogen-bond donors (Lipinski definition) is 2. The zero-order valence-electron chi connectivity index (χ0n) is 11.3. The van der Waals surface area contributed by atoms with Crippen LogP contribution >= 0.6 is 0 Å². The van der Waals surface area contributed by atoms with Crippen LogP contribution in [0.1, 0.15) is 5.56 Å². The molecule has 0 radical (unpaired) electrons. The minimum absolute atomic E-state index is 0.0659. The molecule has 0 aliphatic carbocycles. The van der Waals surface area contributed by atoms with Crippen LogP contribution in [0.15, 0.2) is 24.3 Å². The molecule has 1 amide bonds. The van der Waals surface area contributed by atoms with E-state index < -0.39 is 6.29 Å². The van der Waals surface area contributed by atoms with E-state index in [4.69, 9.17) is 9.47 Å². The zero-order valence-corrected chi connectivity index (χ0v) is 11.3. The number of nitrogens with zero attached hydrogens (tertiary/aromatic N) is 1. The summed E-state index contributed by atoms with van der Waals surface area (Å²) in [5, 5.41) is 13.5. The highest BCUT2D eigenvalue weighted by molar-refractivity contribution is 5.88. The van der Waals surface area contributed by atoms with Gasteiger partial charge in [-0.05, 0) is 12.1 Å². The van der Waals surface area contributed by atoms with Crippen molar-refractivity contribution in [3.63, 3.8) is 0 Å². The molecule has 0 spiro atoms. The summed E-state index contributed by atoms with van der Waals surface area (Å²) >= 11 is 0. The van der Waals surface area contributed by atoms with Crippen molar-refractivity contribution < 1.29 is 19.4 Å². The number of carbonyl (C=O) groups is 1. The van der Waals surface area contributed by atoms with Crippen molar-refractivity contribution >= 4 is 23.1 Å². The lowest BCUT2D eigenvalue weighted by Gasteiger charge is -2.15. The normalized spacial score (nSPS) is 10.9. The largest absolute Gasteiger partial charge is 0.505 e. The first-order valence-corrected chi connectivity index (χ1v) is 6.07. The van der Waals surface area contributed by atoms with Crippen LogP contribution in [0.5, 0.6) is 5.75 Å². The second-order valence-electron chi connectivity index (χ2n) is 4.21. The molecule has 1 aromatic carbocycles. The molecule has 0 aliphatic heterocycles. The third kappa shape index (κ3) is 2.87. The molecule has 20 heavy (non-hydrogen) atoms.